The topological polar surface area (TPSA) is 58.6 Å². The standard InChI is InChI=1S/C17H26N2O3S/c1-13-4-3-8-19(12-13)14(2)11-18-23(20,21)16-5-6-17-15(10-16)7-9-22-17/h5-6,10,13-14,18H,3-4,7-9,11-12H2,1-2H3. The molecular weight excluding hydrogens is 312 g/mol. The Bertz CT molecular complexity index is 660. The molecule has 2 aliphatic heterocycles. The summed E-state index contributed by atoms with van der Waals surface area (Å²) in [6.45, 7) is 7.55. The van der Waals surface area contributed by atoms with E-state index < -0.39 is 10.0 Å². The van der Waals surface area contributed by atoms with Crippen molar-refractivity contribution in [3.05, 3.63) is 23.8 Å². The summed E-state index contributed by atoms with van der Waals surface area (Å²) in [6, 6.07) is 5.33. The molecular formula is C17H26N2O3S. The zero-order valence-corrected chi connectivity index (χ0v) is 14.7. The molecule has 2 unspecified atom stereocenters. The van der Waals surface area contributed by atoms with E-state index in [4.69, 9.17) is 4.74 Å². The first-order valence-electron chi connectivity index (χ1n) is 8.45. The van der Waals surface area contributed by atoms with Gasteiger partial charge in [0.05, 0.1) is 11.5 Å². The van der Waals surface area contributed by atoms with Gasteiger partial charge in [0.25, 0.3) is 0 Å². The molecule has 3 rings (SSSR count). The van der Waals surface area contributed by atoms with E-state index >= 15 is 0 Å². The summed E-state index contributed by atoms with van der Waals surface area (Å²) in [5.74, 6) is 1.50. The summed E-state index contributed by atoms with van der Waals surface area (Å²) >= 11 is 0. The fourth-order valence-electron chi connectivity index (χ4n) is 3.40. The lowest BCUT2D eigenvalue weighted by molar-refractivity contribution is 0.140. The number of sulfonamides is 1. The van der Waals surface area contributed by atoms with Crippen molar-refractivity contribution >= 4 is 10.0 Å². The van der Waals surface area contributed by atoms with Crippen molar-refractivity contribution in [2.45, 2.75) is 44.0 Å². The summed E-state index contributed by atoms with van der Waals surface area (Å²) < 4.78 is 33.2. The highest BCUT2D eigenvalue weighted by Crippen LogP contribution is 2.27. The van der Waals surface area contributed by atoms with Crippen molar-refractivity contribution in [3.63, 3.8) is 0 Å². The van der Waals surface area contributed by atoms with Crippen LogP contribution >= 0.6 is 0 Å². The molecule has 0 aromatic heterocycles. The molecule has 0 bridgehead atoms. The Morgan fingerprint density at radius 3 is 3.04 bits per heavy atom. The molecule has 1 fully saturated rings. The number of nitrogens with one attached hydrogen (secondary N) is 1. The quantitative estimate of drug-likeness (QED) is 0.892. The molecule has 2 atom stereocenters. The second-order valence-corrected chi connectivity index (χ2v) is 8.58. The van der Waals surface area contributed by atoms with Crippen molar-refractivity contribution < 1.29 is 13.2 Å². The minimum Gasteiger partial charge on any atom is -0.493 e. The second-order valence-electron chi connectivity index (χ2n) is 6.81. The van der Waals surface area contributed by atoms with Crippen LogP contribution in [0.4, 0.5) is 0 Å². The molecule has 23 heavy (non-hydrogen) atoms. The number of likely N-dealkylation sites (tertiary alicyclic amines) is 1. The van der Waals surface area contributed by atoms with Crippen molar-refractivity contribution in [2.24, 2.45) is 5.92 Å². The fraction of sp³-hybridized carbons (Fsp3) is 0.647. The maximum atomic E-state index is 12.5. The average molecular weight is 338 g/mol. The Kier molecular flexibility index (Phi) is 4.94. The summed E-state index contributed by atoms with van der Waals surface area (Å²) in [4.78, 5) is 2.72. The van der Waals surface area contributed by atoms with E-state index in [0.717, 1.165) is 30.8 Å². The van der Waals surface area contributed by atoms with E-state index in [2.05, 4.69) is 23.5 Å². The molecule has 2 aliphatic rings. The van der Waals surface area contributed by atoms with Crippen LogP contribution in [0.2, 0.25) is 0 Å². The first kappa shape index (κ1) is 16.7. The van der Waals surface area contributed by atoms with E-state index in [1.165, 1.54) is 12.8 Å². The monoisotopic (exact) mass is 338 g/mol. The first-order chi connectivity index (χ1) is 11.0. The van der Waals surface area contributed by atoms with E-state index in [1.807, 2.05) is 0 Å². The van der Waals surface area contributed by atoms with E-state index in [-0.39, 0.29) is 6.04 Å². The number of fused-ring (bicyclic) bond motifs is 1. The van der Waals surface area contributed by atoms with Crippen LogP contribution in [0.1, 0.15) is 32.3 Å². The second kappa shape index (κ2) is 6.79. The number of rotatable bonds is 5. The van der Waals surface area contributed by atoms with E-state index in [1.54, 1.807) is 18.2 Å². The van der Waals surface area contributed by atoms with Gasteiger partial charge >= 0.3 is 0 Å². The lowest BCUT2D eigenvalue weighted by Crippen LogP contribution is -2.46. The van der Waals surface area contributed by atoms with Gasteiger partial charge in [0.15, 0.2) is 0 Å². The Balaban J connectivity index is 1.62. The molecule has 2 heterocycles. The van der Waals surface area contributed by atoms with Gasteiger partial charge in [0.2, 0.25) is 10.0 Å². The predicted octanol–water partition coefficient (Wildman–Crippen LogP) is 2.02. The highest BCUT2D eigenvalue weighted by Gasteiger charge is 2.24. The average Bonchev–Trinajstić information content (AvgIpc) is 3.00. The molecule has 6 heteroatoms. The van der Waals surface area contributed by atoms with Crippen molar-refractivity contribution in [2.75, 3.05) is 26.2 Å². The maximum absolute atomic E-state index is 12.5. The minimum atomic E-state index is -3.46. The summed E-state index contributed by atoms with van der Waals surface area (Å²) in [5.41, 5.74) is 0.978. The molecule has 5 nitrogen and oxygen atoms in total. The van der Waals surface area contributed by atoms with Crippen molar-refractivity contribution in [1.82, 2.24) is 9.62 Å². The Hall–Kier alpha value is -1.11. The molecule has 0 aliphatic carbocycles. The lowest BCUT2D eigenvalue weighted by Gasteiger charge is -2.35. The van der Waals surface area contributed by atoms with Crippen molar-refractivity contribution in [1.29, 1.82) is 0 Å². The third-order valence-electron chi connectivity index (χ3n) is 4.85. The number of ether oxygens (including phenoxy) is 1. The van der Waals surface area contributed by atoms with Crippen LogP contribution in [0.3, 0.4) is 0 Å². The zero-order valence-electron chi connectivity index (χ0n) is 13.9. The van der Waals surface area contributed by atoms with Crippen LogP contribution in [-0.4, -0.2) is 45.6 Å². The molecule has 0 spiro atoms. The Morgan fingerprint density at radius 1 is 1.43 bits per heavy atom. The third-order valence-corrected chi connectivity index (χ3v) is 6.27. The SMILES string of the molecule is CC1CCCN(C(C)CNS(=O)(=O)c2ccc3c(c2)CCO3)C1. The van der Waals surface area contributed by atoms with Gasteiger partial charge < -0.3 is 4.74 Å². The van der Waals surface area contributed by atoms with Crippen LogP contribution in [0.5, 0.6) is 5.75 Å². The number of hydrogen-bond donors (Lipinski definition) is 1. The van der Waals surface area contributed by atoms with Gasteiger partial charge in [-0.15, -0.1) is 0 Å². The molecule has 0 amide bonds. The number of benzene rings is 1. The Labute approximate surface area is 139 Å². The van der Waals surface area contributed by atoms with E-state index in [0.29, 0.717) is 24.0 Å². The molecule has 1 saturated heterocycles. The smallest absolute Gasteiger partial charge is 0.240 e. The van der Waals surface area contributed by atoms with Crippen LogP contribution in [0, 0.1) is 5.92 Å². The normalized spacial score (nSPS) is 23.3. The van der Waals surface area contributed by atoms with Gasteiger partial charge in [-0.3, -0.25) is 4.90 Å². The molecule has 1 N–H and O–H groups in total. The number of piperidine rings is 1. The van der Waals surface area contributed by atoms with Crippen LogP contribution in [0.25, 0.3) is 0 Å². The number of hydrogen-bond acceptors (Lipinski definition) is 4. The largest absolute Gasteiger partial charge is 0.493 e. The highest BCUT2D eigenvalue weighted by atomic mass is 32.2. The summed E-state index contributed by atoms with van der Waals surface area (Å²) in [6.07, 6.45) is 3.25. The molecule has 0 radical (unpaired) electrons. The van der Waals surface area contributed by atoms with E-state index in [9.17, 15) is 8.42 Å². The van der Waals surface area contributed by atoms with Gasteiger partial charge in [-0.25, -0.2) is 13.1 Å². The van der Waals surface area contributed by atoms with Crippen LogP contribution in [-0.2, 0) is 16.4 Å². The summed E-state index contributed by atoms with van der Waals surface area (Å²) in [5, 5.41) is 0. The maximum Gasteiger partial charge on any atom is 0.240 e. The van der Waals surface area contributed by atoms with Gasteiger partial charge in [-0.1, -0.05) is 6.92 Å². The van der Waals surface area contributed by atoms with Crippen LogP contribution < -0.4 is 9.46 Å². The lowest BCUT2D eigenvalue weighted by atomic mass is 9.99. The Morgan fingerprint density at radius 2 is 2.26 bits per heavy atom. The van der Waals surface area contributed by atoms with Crippen LogP contribution in [0.15, 0.2) is 23.1 Å². The predicted molar refractivity (Wildman–Crippen MR) is 90.3 cm³/mol. The van der Waals surface area contributed by atoms with Gasteiger partial charge in [0.1, 0.15) is 5.75 Å². The van der Waals surface area contributed by atoms with Gasteiger partial charge in [-0.2, -0.15) is 0 Å². The van der Waals surface area contributed by atoms with Gasteiger partial charge in [-0.05, 0) is 56.0 Å². The van der Waals surface area contributed by atoms with Gasteiger partial charge in [0, 0.05) is 25.6 Å². The minimum absolute atomic E-state index is 0.213. The molecule has 128 valence electrons. The zero-order chi connectivity index (χ0) is 16.4. The molecule has 0 saturated carbocycles. The van der Waals surface area contributed by atoms with Crippen molar-refractivity contribution in [3.8, 4) is 5.75 Å². The molecule has 1 aromatic carbocycles. The molecule has 1 aromatic rings. The number of nitrogens with zero attached hydrogens (tertiary/aromatic N) is 1. The fourth-order valence-corrected chi connectivity index (χ4v) is 4.57. The highest BCUT2D eigenvalue weighted by molar-refractivity contribution is 7.89. The summed E-state index contributed by atoms with van der Waals surface area (Å²) in [7, 11) is -3.46. The first-order valence-corrected chi connectivity index (χ1v) is 9.93. The third kappa shape index (κ3) is 3.87.